The van der Waals surface area contributed by atoms with Crippen molar-refractivity contribution in [1.82, 2.24) is 4.98 Å². The van der Waals surface area contributed by atoms with Crippen LogP contribution in [0.5, 0.6) is 11.5 Å². The van der Waals surface area contributed by atoms with E-state index >= 15 is 0 Å². The number of rotatable bonds is 2. The van der Waals surface area contributed by atoms with Crippen LogP contribution in [0, 0.1) is 13.8 Å². The molecule has 0 aliphatic heterocycles. The third kappa shape index (κ3) is 3.42. The smallest absolute Gasteiger partial charge is 0.128 e. The van der Waals surface area contributed by atoms with Crippen LogP contribution in [0.25, 0.3) is 10.9 Å². The zero-order valence-corrected chi connectivity index (χ0v) is 15.5. The molecule has 4 rings (SSSR count). The third-order valence-corrected chi connectivity index (χ3v) is 4.71. The first kappa shape index (κ1) is 17.6. The molecular weight excluding hydrogens is 332 g/mol. The topological polar surface area (TPSA) is 48.1 Å². The molecule has 0 fully saturated rings. The number of ether oxygens (including phenoxy) is 1. The molecule has 3 aromatic rings. The van der Waals surface area contributed by atoms with Crippen LogP contribution >= 0.6 is 12.4 Å². The summed E-state index contributed by atoms with van der Waals surface area (Å²) in [7, 11) is 0. The summed E-state index contributed by atoms with van der Waals surface area (Å²) in [4.78, 5) is 4.82. The number of aromatic nitrogens is 1. The van der Waals surface area contributed by atoms with Crippen molar-refractivity contribution in [1.29, 1.82) is 0 Å². The summed E-state index contributed by atoms with van der Waals surface area (Å²) in [6, 6.07) is 12.2. The Morgan fingerprint density at radius 3 is 2.40 bits per heavy atom. The van der Waals surface area contributed by atoms with Crippen LogP contribution in [0.15, 0.2) is 36.4 Å². The average molecular weight is 355 g/mol. The summed E-state index contributed by atoms with van der Waals surface area (Å²) in [6.45, 7) is 4.16. The van der Waals surface area contributed by atoms with Gasteiger partial charge in [0, 0.05) is 16.8 Å². The molecular formula is C21H23ClN2O. The maximum Gasteiger partial charge on any atom is 0.128 e. The fourth-order valence-electron chi connectivity index (χ4n) is 3.63. The maximum atomic E-state index is 6.45. The lowest BCUT2D eigenvalue weighted by Crippen LogP contribution is -2.09. The number of benzene rings is 2. The Hall–Kier alpha value is -2.26. The normalized spacial score (nSPS) is 13.2. The molecule has 2 N–H and O–H groups in total. The summed E-state index contributed by atoms with van der Waals surface area (Å²) in [5.74, 6) is 1.66. The van der Waals surface area contributed by atoms with Crippen molar-refractivity contribution >= 4 is 29.0 Å². The standard InChI is InChI=1S/C21H22N2O.ClH/c1-13-9-14(2)11-16(10-13)24-15-7-8-20-18(12-15)21(22)17-5-3-4-6-19(17)23-20;/h7-12H,3-6H2,1-2H3,(H2,22,23);1H. The van der Waals surface area contributed by atoms with E-state index in [0.29, 0.717) is 0 Å². The monoisotopic (exact) mass is 354 g/mol. The largest absolute Gasteiger partial charge is 0.457 e. The lowest BCUT2D eigenvalue weighted by atomic mass is 9.93. The van der Waals surface area contributed by atoms with Crippen molar-refractivity contribution in [3.63, 3.8) is 0 Å². The predicted molar refractivity (Wildman–Crippen MR) is 106 cm³/mol. The molecule has 0 saturated heterocycles. The SMILES string of the molecule is Cc1cc(C)cc(Oc2ccc3nc4c(c(N)c3c2)CCCC4)c1.Cl. The summed E-state index contributed by atoms with van der Waals surface area (Å²) in [6.07, 6.45) is 4.48. The van der Waals surface area contributed by atoms with E-state index in [4.69, 9.17) is 15.5 Å². The van der Waals surface area contributed by atoms with Gasteiger partial charge in [0.2, 0.25) is 0 Å². The lowest BCUT2D eigenvalue weighted by molar-refractivity contribution is 0.482. The zero-order valence-electron chi connectivity index (χ0n) is 14.6. The van der Waals surface area contributed by atoms with Crippen LogP contribution in [0.4, 0.5) is 5.69 Å². The van der Waals surface area contributed by atoms with E-state index in [1.54, 1.807) is 0 Å². The minimum absolute atomic E-state index is 0. The molecule has 0 spiro atoms. The molecule has 130 valence electrons. The van der Waals surface area contributed by atoms with Gasteiger partial charge < -0.3 is 10.5 Å². The molecule has 0 radical (unpaired) electrons. The number of anilines is 1. The first-order valence-corrected chi connectivity index (χ1v) is 8.57. The maximum absolute atomic E-state index is 6.45. The summed E-state index contributed by atoms with van der Waals surface area (Å²) < 4.78 is 6.06. The van der Waals surface area contributed by atoms with Gasteiger partial charge in [0.15, 0.2) is 0 Å². The molecule has 4 heteroatoms. The summed E-state index contributed by atoms with van der Waals surface area (Å²) in [5, 5.41) is 0.998. The quantitative estimate of drug-likeness (QED) is 0.658. The number of aryl methyl sites for hydroxylation is 3. The summed E-state index contributed by atoms with van der Waals surface area (Å²) in [5.41, 5.74) is 13.1. The highest BCUT2D eigenvalue weighted by Crippen LogP contribution is 2.34. The number of halogens is 1. The molecule has 25 heavy (non-hydrogen) atoms. The van der Waals surface area contributed by atoms with Crippen molar-refractivity contribution in [2.45, 2.75) is 39.5 Å². The Bertz CT molecular complexity index is 917. The second-order valence-electron chi connectivity index (χ2n) is 6.76. The number of pyridine rings is 1. The number of hydrogen-bond acceptors (Lipinski definition) is 3. The second kappa shape index (κ2) is 6.93. The Morgan fingerprint density at radius 1 is 0.920 bits per heavy atom. The molecule has 0 saturated carbocycles. The van der Waals surface area contributed by atoms with Gasteiger partial charge in [-0.15, -0.1) is 12.4 Å². The molecule has 0 atom stereocenters. The van der Waals surface area contributed by atoms with Crippen molar-refractivity contribution in [3.8, 4) is 11.5 Å². The minimum atomic E-state index is 0. The number of nitrogens with zero attached hydrogens (tertiary/aromatic N) is 1. The van der Waals surface area contributed by atoms with E-state index in [2.05, 4.69) is 19.9 Å². The van der Waals surface area contributed by atoms with Crippen molar-refractivity contribution in [2.75, 3.05) is 5.73 Å². The molecule has 1 heterocycles. The average Bonchev–Trinajstić information content (AvgIpc) is 2.55. The van der Waals surface area contributed by atoms with E-state index < -0.39 is 0 Å². The second-order valence-corrected chi connectivity index (χ2v) is 6.76. The molecule has 1 aliphatic rings. The van der Waals surface area contributed by atoms with Gasteiger partial charge in [-0.3, -0.25) is 4.98 Å². The fourth-order valence-corrected chi connectivity index (χ4v) is 3.63. The number of fused-ring (bicyclic) bond motifs is 2. The van der Waals surface area contributed by atoms with Crippen molar-refractivity contribution < 1.29 is 4.74 Å². The van der Waals surface area contributed by atoms with Crippen molar-refractivity contribution in [3.05, 3.63) is 58.8 Å². The van der Waals surface area contributed by atoms with Gasteiger partial charge in [0.05, 0.1) is 5.52 Å². The molecule has 1 aromatic heterocycles. The van der Waals surface area contributed by atoms with Gasteiger partial charge in [-0.2, -0.15) is 0 Å². The van der Waals surface area contributed by atoms with Crippen molar-refractivity contribution in [2.24, 2.45) is 0 Å². The van der Waals surface area contributed by atoms with E-state index in [9.17, 15) is 0 Å². The molecule has 1 aliphatic carbocycles. The number of nitrogens with two attached hydrogens (primary N) is 1. The van der Waals surface area contributed by atoms with Gasteiger partial charge in [0.25, 0.3) is 0 Å². The van der Waals surface area contributed by atoms with Gasteiger partial charge >= 0.3 is 0 Å². The molecule has 0 bridgehead atoms. The van der Waals surface area contributed by atoms with Crippen LogP contribution < -0.4 is 10.5 Å². The zero-order chi connectivity index (χ0) is 16.7. The van der Waals surface area contributed by atoms with Gasteiger partial charge in [0.1, 0.15) is 11.5 Å². The van der Waals surface area contributed by atoms with Gasteiger partial charge in [-0.1, -0.05) is 6.07 Å². The van der Waals surface area contributed by atoms with E-state index in [1.165, 1.54) is 35.2 Å². The minimum Gasteiger partial charge on any atom is -0.457 e. The Kier molecular flexibility index (Phi) is 4.87. The van der Waals surface area contributed by atoms with Crippen LogP contribution in [0.3, 0.4) is 0 Å². The van der Waals surface area contributed by atoms with Crippen LogP contribution in [-0.4, -0.2) is 4.98 Å². The predicted octanol–water partition coefficient (Wildman–Crippen LogP) is 5.53. The van der Waals surface area contributed by atoms with Gasteiger partial charge in [-0.25, -0.2) is 0 Å². The van der Waals surface area contributed by atoms with Crippen LogP contribution in [0.1, 0.15) is 35.2 Å². The first-order chi connectivity index (χ1) is 11.6. The van der Waals surface area contributed by atoms with Crippen LogP contribution in [0.2, 0.25) is 0 Å². The van der Waals surface area contributed by atoms with E-state index in [-0.39, 0.29) is 12.4 Å². The number of hydrogen-bond donors (Lipinski definition) is 1. The molecule has 0 unspecified atom stereocenters. The highest BCUT2D eigenvalue weighted by atomic mass is 35.5. The number of nitrogen functional groups attached to an aromatic ring is 1. The third-order valence-electron chi connectivity index (χ3n) is 4.71. The Balaban J connectivity index is 0.00000182. The fraction of sp³-hybridized carbons (Fsp3) is 0.286. The Morgan fingerprint density at radius 2 is 1.64 bits per heavy atom. The lowest BCUT2D eigenvalue weighted by Gasteiger charge is -2.19. The highest BCUT2D eigenvalue weighted by molar-refractivity contribution is 5.93. The molecule has 0 amide bonds. The van der Waals surface area contributed by atoms with Gasteiger partial charge in [-0.05, 0) is 86.6 Å². The summed E-state index contributed by atoms with van der Waals surface area (Å²) >= 11 is 0. The highest BCUT2D eigenvalue weighted by Gasteiger charge is 2.16. The first-order valence-electron chi connectivity index (χ1n) is 8.57. The van der Waals surface area contributed by atoms with E-state index in [1.807, 2.05) is 30.3 Å². The molecule has 2 aromatic carbocycles. The molecule has 3 nitrogen and oxygen atoms in total. The van der Waals surface area contributed by atoms with E-state index in [0.717, 1.165) is 40.9 Å². The Labute approximate surface area is 154 Å². The van der Waals surface area contributed by atoms with Crippen LogP contribution in [-0.2, 0) is 12.8 Å².